The zero-order valence-corrected chi connectivity index (χ0v) is 28.8. The first-order chi connectivity index (χ1) is 25.5. The molecular formula is C37H42O17. The number of phenolic OH excluding ortho intramolecular Hbond substituents is 5. The molecule has 17 nitrogen and oxygen atoms in total. The van der Waals surface area contributed by atoms with E-state index >= 15 is 0 Å². The summed E-state index contributed by atoms with van der Waals surface area (Å²) >= 11 is 0. The first kappa shape index (κ1) is 40.2. The van der Waals surface area contributed by atoms with Crippen molar-refractivity contribution in [1.82, 2.24) is 0 Å². The van der Waals surface area contributed by atoms with Crippen LogP contribution in [0, 0.1) is 0 Å². The van der Waals surface area contributed by atoms with Gasteiger partial charge in [0.15, 0.2) is 41.7 Å². The van der Waals surface area contributed by atoms with Crippen LogP contribution in [0.1, 0.15) is 30.0 Å². The summed E-state index contributed by atoms with van der Waals surface area (Å²) in [5.74, 6) is -3.64. The summed E-state index contributed by atoms with van der Waals surface area (Å²) in [7, 11) is 0. The molecule has 0 unspecified atom stereocenters. The van der Waals surface area contributed by atoms with E-state index < -0.39 is 103 Å². The number of phenols is 5. The number of carbonyl (C=O) groups is 2. The number of hydrogen-bond donors (Lipinski definition) is 10. The zero-order valence-electron chi connectivity index (χ0n) is 28.8. The number of aromatic hydroxyl groups is 5. The average molecular weight is 759 g/mol. The number of aliphatic hydroxyl groups is 5. The lowest BCUT2D eigenvalue weighted by molar-refractivity contribution is -0.379. The second kappa shape index (κ2) is 17.0. The van der Waals surface area contributed by atoms with Crippen LogP contribution in [0.2, 0.25) is 0 Å². The third-order valence-corrected chi connectivity index (χ3v) is 9.19. The van der Waals surface area contributed by atoms with Gasteiger partial charge in [0.1, 0.15) is 48.5 Å². The Bertz CT molecular complexity index is 1800. The highest BCUT2D eigenvalue weighted by molar-refractivity contribution is 5.87. The van der Waals surface area contributed by atoms with Crippen LogP contribution in [0.25, 0.3) is 6.08 Å². The molecule has 0 radical (unpaired) electrons. The quantitative estimate of drug-likeness (QED) is 0.0672. The Hall–Kier alpha value is -4.98. The van der Waals surface area contributed by atoms with Crippen molar-refractivity contribution in [2.24, 2.45) is 0 Å². The normalized spacial score (nSPS) is 29.9. The van der Waals surface area contributed by atoms with E-state index in [1.54, 1.807) is 0 Å². The van der Waals surface area contributed by atoms with Crippen molar-refractivity contribution >= 4 is 18.0 Å². The largest absolute Gasteiger partial charge is 0.508 e. The smallest absolute Gasteiger partial charge is 0.330 e. The fraction of sp³-hybridized carbons (Fsp3) is 0.405. The molecule has 3 aromatic carbocycles. The molecule has 0 aliphatic carbocycles. The van der Waals surface area contributed by atoms with Crippen LogP contribution in [-0.2, 0) is 46.1 Å². The van der Waals surface area contributed by atoms with Crippen LogP contribution in [-0.4, -0.2) is 131 Å². The summed E-state index contributed by atoms with van der Waals surface area (Å²) in [5.41, 5.74) is -1.43. The monoisotopic (exact) mass is 758 g/mol. The van der Waals surface area contributed by atoms with Gasteiger partial charge in [0.05, 0.1) is 12.5 Å². The molecule has 10 N–H and O–H groups in total. The maximum absolute atomic E-state index is 13.4. The Kier molecular flexibility index (Phi) is 12.7. The van der Waals surface area contributed by atoms with E-state index in [0.29, 0.717) is 16.7 Å². The second-order valence-corrected chi connectivity index (χ2v) is 13.1. The number of hydrogen-bond acceptors (Lipinski definition) is 17. The van der Waals surface area contributed by atoms with Crippen molar-refractivity contribution in [2.75, 3.05) is 6.61 Å². The van der Waals surface area contributed by atoms with Gasteiger partial charge < -0.3 is 74.7 Å². The molecule has 17 heteroatoms. The van der Waals surface area contributed by atoms with Crippen molar-refractivity contribution in [3.05, 3.63) is 83.4 Å². The van der Waals surface area contributed by atoms with E-state index in [9.17, 15) is 60.7 Å². The lowest BCUT2D eigenvalue weighted by atomic mass is 9.81. The fourth-order valence-corrected chi connectivity index (χ4v) is 6.05. The first-order valence-corrected chi connectivity index (χ1v) is 16.8. The van der Waals surface area contributed by atoms with E-state index in [2.05, 4.69) is 0 Å². The van der Waals surface area contributed by atoms with Gasteiger partial charge in [0, 0.05) is 6.08 Å². The summed E-state index contributed by atoms with van der Waals surface area (Å²) < 4.78 is 28.6. The molecule has 2 aliphatic rings. The molecule has 292 valence electrons. The Balaban J connectivity index is 1.47. The highest BCUT2D eigenvalue weighted by atomic mass is 16.7. The molecule has 0 spiro atoms. The number of esters is 2. The van der Waals surface area contributed by atoms with Crippen LogP contribution in [0.4, 0.5) is 0 Å². The minimum absolute atomic E-state index is 0.0621. The van der Waals surface area contributed by atoms with Gasteiger partial charge >= 0.3 is 11.9 Å². The number of rotatable bonds is 12. The zero-order chi connectivity index (χ0) is 39.3. The Morgan fingerprint density at radius 3 is 2.11 bits per heavy atom. The summed E-state index contributed by atoms with van der Waals surface area (Å²) in [6.45, 7) is 0.661. The lowest BCUT2D eigenvalue weighted by Crippen LogP contribution is -2.70. The molecule has 2 heterocycles. The van der Waals surface area contributed by atoms with Crippen molar-refractivity contribution in [1.29, 1.82) is 0 Å². The maximum atomic E-state index is 13.4. The molecular weight excluding hydrogens is 716 g/mol. The number of ether oxygens (including phenoxy) is 5. The van der Waals surface area contributed by atoms with Crippen LogP contribution >= 0.6 is 0 Å². The van der Waals surface area contributed by atoms with Crippen molar-refractivity contribution < 1.29 is 84.3 Å². The highest BCUT2D eigenvalue weighted by Crippen LogP contribution is 2.39. The molecule has 0 amide bonds. The molecule has 0 saturated carbocycles. The maximum Gasteiger partial charge on any atom is 0.330 e. The summed E-state index contributed by atoms with van der Waals surface area (Å²) in [5, 5.41) is 104. The molecule has 10 atom stereocenters. The van der Waals surface area contributed by atoms with Crippen molar-refractivity contribution in [3.63, 3.8) is 0 Å². The average Bonchev–Trinajstić information content (AvgIpc) is 3.13. The van der Waals surface area contributed by atoms with Gasteiger partial charge in [-0.05, 0) is 78.9 Å². The molecule has 3 aromatic rings. The van der Waals surface area contributed by atoms with Crippen molar-refractivity contribution in [3.8, 4) is 28.7 Å². The van der Waals surface area contributed by atoms with E-state index in [-0.39, 0.29) is 24.3 Å². The predicted octanol–water partition coefficient (Wildman–Crippen LogP) is 0.219. The summed E-state index contributed by atoms with van der Waals surface area (Å²) in [6, 6.07) is 13.2. The van der Waals surface area contributed by atoms with E-state index in [0.717, 1.165) is 6.08 Å². The highest BCUT2D eigenvalue weighted by Gasteiger charge is 2.59. The Labute approximate surface area is 308 Å². The third kappa shape index (κ3) is 9.38. The number of carbonyl (C=O) groups excluding carboxylic acids is 2. The van der Waals surface area contributed by atoms with E-state index in [1.807, 2.05) is 0 Å². The number of aryl methyl sites for hydroxylation is 1. The number of benzene rings is 3. The minimum atomic E-state index is -2.52. The van der Waals surface area contributed by atoms with Crippen LogP contribution in [0.15, 0.2) is 66.7 Å². The molecule has 2 fully saturated rings. The predicted molar refractivity (Wildman–Crippen MR) is 183 cm³/mol. The molecule has 0 bridgehead atoms. The summed E-state index contributed by atoms with van der Waals surface area (Å²) in [6.07, 6.45) is -14.1. The second-order valence-electron chi connectivity index (χ2n) is 13.1. The Morgan fingerprint density at radius 2 is 1.44 bits per heavy atom. The topological polar surface area (TPSA) is 283 Å². The Morgan fingerprint density at radius 1 is 0.796 bits per heavy atom. The molecule has 54 heavy (non-hydrogen) atoms. The molecule has 5 rings (SSSR count). The molecule has 2 aliphatic heterocycles. The minimum Gasteiger partial charge on any atom is -0.508 e. The lowest BCUT2D eigenvalue weighted by Gasteiger charge is -2.51. The van der Waals surface area contributed by atoms with Crippen molar-refractivity contribution in [2.45, 2.75) is 87.1 Å². The van der Waals surface area contributed by atoms with Crippen LogP contribution in [0.3, 0.4) is 0 Å². The number of aliphatic hydroxyl groups excluding tert-OH is 4. The molecule has 0 aromatic heterocycles. The third-order valence-electron chi connectivity index (χ3n) is 9.19. The van der Waals surface area contributed by atoms with E-state index in [1.165, 1.54) is 73.7 Å². The van der Waals surface area contributed by atoms with Gasteiger partial charge in [-0.2, -0.15) is 0 Å². The fourth-order valence-electron chi connectivity index (χ4n) is 6.05. The van der Waals surface area contributed by atoms with Gasteiger partial charge in [-0.1, -0.05) is 24.3 Å². The summed E-state index contributed by atoms with van der Waals surface area (Å²) in [4.78, 5) is 26.2. The van der Waals surface area contributed by atoms with Gasteiger partial charge in [0.25, 0.3) is 0 Å². The van der Waals surface area contributed by atoms with Gasteiger partial charge in [0.2, 0.25) is 0 Å². The SMILES string of the molecule is C[C@@H]1O[C@@H](O[C@H]2[C@H](OC(=O)Cc3ccc(O)cc3)[C@@H](COC(=O)C=Cc3ccc(O)c(O)c3)O[C@@H](O)[C@@]2(O)CCc2ccc(O)c(O)c2)[C@H](O)[C@H](O)[C@H]1O. The standard InChI is InChI=1S/C37H42O17/c1-18-30(45)31(46)32(47)35(51-18)54-34-33(53-29(44)16-20-2-7-22(38)8-3-20)27(17-50-28(43)11-6-19-4-9-23(39)25(41)14-19)52-36(48)37(34,49)13-12-21-5-10-24(40)26(42)15-21/h2-11,14-15,18,27,30-36,38-42,45-49H,12-13,16-17H2,1H3/t18-,27+,30-,31+,32+,33+,34-,35-,36+,37+/m0/s1. The van der Waals surface area contributed by atoms with Crippen LogP contribution in [0.5, 0.6) is 28.7 Å². The van der Waals surface area contributed by atoms with E-state index in [4.69, 9.17) is 23.7 Å². The van der Waals surface area contributed by atoms with Crippen LogP contribution < -0.4 is 0 Å². The van der Waals surface area contributed by atoms with Gasteiger partial charge in [-0.25, -0.2) is 4.79 Å². The molecule has 2 saturated heterocycles. The van der Waals surface area contributed by atoms with Gasteiger partial charge in [-0.3, -0.25) is 4.79 Å². The first-order valence-electron chi connectivity index (χ1n) is 16.8. The van der Waals surface area contributed by atoms with Gasteiger partial charge in [-0.15, -0.1) is 0 Å².